The van der Waals surface area contributed by atoms with Crippen LogP contribution in [0.2, 0.25) is 0 Å². The lowest BCUT2D eigenvalue weighted by Crippen LogP contribution is -2.31. The highest BCUT2D eigenvalue weighted by molar-refractivity contribution is 7.84. The van der Waals surface area contributed by atoms with Crippen LogP contribution in [0.4, 0.5) is 0 Å². The van der Waals surface area contributed by atoms with E-state index < -0.39 is 10.8 Å². The van der Waals surface area contributed by atoms with Crippen LogP contribution in [0.3, 0.4) is 0 Å². The summed E-state index contributed by atoms with van der Waals surface area (Å²) in [5.41, 5.74) is 5.32. The summed E-state index contributed by atoms with van der Waals surface area (Å²) >= 11 is 0. The zero-order valence-electron chi connectivity index (χ0n) is 9.40. The second-order valence-corrected chi connectivity index (χ2v) is 5.12. The predicted molar refractivity (Wildman–Crippen MR) is 63.7 cm³/mol. The molecule has 0 aromatic heterocycles. The number of rotatable bonds is 8. The molecule has 0 rings (SSSR count). The van der Waals surface area contributed by atoms with Crippen molar-refractivity contribution in [3.05, 3.63) is 0 Å². The van der Waals surface area contributed by atoms with Crippen LogP contribution in [0.25, 0.3) is 0 Å². The van der Waals surface area contributed by atoms with Gasteiger partial charge >= 0.3 is 0 Å². The highest BCUT2D eigenvalue weighted by Gasteiger charge is 2.02. The van der Waals surface area contributed by atoms with E-state index in [1.807, 2.05) is 6.92 Å². The average molecular weight is 235 g/mol. The van der Waals surface area contributed by atoms with Gasteiger partial charge in [-0.2, -0.15) is 0 Å². The van der Waals surface area contributed by atoms with Crippen molar-refractivity contribution < 1.29 is 9.42 Å². The lowest BCUT2D eigenvalue weighted by Gasteiger charge is -2.11. The molecule has 0 amide bonds. The fourth-order valence-electron chi connectivity index (χ4n) is 1.24. The maximum absolute atomic E-state index is 10.9. The van der Waals surface area contributed by atoms with E-state index in [1.54, 1.807) is 6.26 Å². The minimum atomic E-state index is -0.746. The van der Waals surface area contributed by atoms with Gasteiger partial charge in [-0.1, -0.05) is 5.16 Å². The first kappa shape index (κ1) is 14.4. The van der Waals surface area contributed by atoms with Crippen LogP contribution in [-0.2, 0) is 10.8 Å². The highest BCUT2D eigenvalue weighted by Crippen LogP contribution is 1.95. The molecule has 0 spiro atoms. The standard InChI is InChI=1S/C9H21N3O2S/c1-8(7-15(2)14)11-6-4-3-5-9(10)12-13/h8,11,13H,3-7H2,1-2H3,(H2,10,12). The lowest BCUT2D eigenvalue weighted by atomic mass is 10.2. The Bertz CT molecular complexity index is 221. The van der Waals surface area contributed by atoms with Gasteiger partial charge in [-0.25, -0.2) is 0 Å². The zero-order valence-corrected chi connectivity index (χ0v) is 10.2. The van der Waals surface area contributed by atoms with Crippen molar-refractivity contribution in [2.45, 2.75) is 32.2 Å². The maximum atomic E-state index is 10.9. The Morgan fingerprint density at radius 3 is 2.80 bits per heavy atom. The molecule has 0 heterocycles. The molecule has 0 aromatic rings. The van der Waals surface area contributed by atoms with Crippen LogP contribution < -0.4 is 11.1 Å². The van der Waals surface area contributed by atoms with Crippen molar-refractivity contribution in [2.24, 2.45) is 10.9 Å². The van der Waals surface area contributed by atoms with Crippen LogP contribution in [-0.4, -0.2) is 39.8 Å². The van der Waals surface area contributed by atoms with Gasteiger partial charge in [0.2, 0.25) is 0 Å². The minimum absolute atomic E-state index is 0.276. The van der Waals surface area contributed by atoms with Gasteiger partial charge in [0.25, 0.3) is 0 Å². The summed E-state index contributed by atoms with van der Waals surface area (Å²) in [4.78, 5) is 0. The van der Waals surface area contributed by atoms with E-state index >= 15 is 0 Å². The Labute approximate surface area is 93.6 Å². The third-order valence-electron chi connectivity index (χ3n) is 1.97. The predicted octanol–water partition coefficient (Wildman–Crippen LogP) is 0.260. The number of nitrogens with two attached hydrogens (primary N) is 1. The summed E-state index contributed by atoms with van der Waals surface area (Å²) in [5, 5.41) is 14.5. The van der Waals surface area contributed by atoms with Gasteiger partial charge < -0.3 is 16.3 Å². The first-order chi connectivity index (χ1) is 7.06. The lowest BCUT2D eigenvalue weighted by molar-refractivity contribution is 0.316. The van der Waals surface area contributed by atoms with E-state index in [-0.39, 0.29) is 11.9 Å². The number of hydrogen-bond donors (Lipinski definition) is 3. The van der Waals surface area contributed by atoms with Crippen molar-refractivity contribution in [2.75, 3.05) is 18.6 Å². The normalized spacial score (nSPS) is 16.3. The molecule has 2 atom stereocenters. The van der Waals surface area contributed by atoms with Crippen LogP contribution in [0.15, 0.2) is 5.16 Å². The van der Waals surface area contributed by atoms with Crippen LogP contribution in [0, 0.1) is 0 Å². The number of unbranched alkanes of at least 4 members (excludes halogenated alkanes) is 1. The molecule has 5 nitrogen and oxygen atoms in total. The first-order valence-electron chi connectivity index (χ1n) is 5.06. The van der Waals surface area contributed by atoms with Gasteiger partial charge in [0.05, 0.1) is 0 Å². The Morgan fingerprint density at radius 1 is 1.60 bits per heavy atom. The average Bonchev–Trinajstić information content (AvgIpc) is 2.15. The molecule has 90 valence electrons. The van der Waals surface area contributed by atoms with E-state index in [1.165, 1.54) is 0 Å². The van der Waals surface area contributed by atoms with Gasteiger partial charge in [0, 0.05) is 35.3 Å². The number of nitrogens with one attached hydrogen (secondary N) is 1. The van der Waals surface area contributed by atoms with Gasteiger partial charge in [-0.15, -0.1) is 0 Å². The molecule has 15 heavy (non-hydrogen) atoms. The SMILES string of the molecule is CC(CS(C)=O)NCCCCC(N)=NO. The summed E-state index contributed by atoms with van der Waals surface area (Å²) in [5.74, 6) is 0.956. The highest BCUT2D eigenvalue weighted by atomic mass is 32.2. The molecule has 2 unspecified atom stereocenters. The van der Waals surface area contributed by atoms with Crippen LogP contribution in [0.1, 0.15) is 26.2 Å². The molecule has 0 bridgehead atoms. The molecular formula is C9H21N3O2S. The number of nitrogens with zero attached hydrogens (tertiary/aromatic N) is 1. The van der Waals surface area contributed by atoms with E-state index in [0.29, 0.717) is 12.2 Å². The second-order valence-electron chi connectivity index (χ2n) is 3.64. The largest absolute Gasteiger partial charge is 0.409 e. The van der Waals surface area contributed by atoms with Gasteiger partial charge in [0.15, 0.2) is 0 Å². The van der Waals surface area contributed by atoms with Crippen LogP contribution in [0.5, 0.6) is 0 Å². The fourth-order valence-corrected chi connectivity index (χ4v) is 2.06. The number of amidine groups is 1. The topological polar surface area (TPSA) is 87.7 Å². The molecule has 0 aliphatic carbocycles. The maximum Gasteiger partial charge on any atom is 0.139 e. The number of hydrogen-bond acceptors (Lipinski definition) is 4. The zero-order chi connectivity index (χ0) is 11.7. The summed E-state index contributed by atoms with van der Waals surface area (Å²) in [6.07, 6.45) is 4.19. The first-order valence-corrected chi connectivity index (χ1v) is 6.78. The Morgan fingerprint density at radius 2 is 2.27 bits per heavy atom. The molecule has 0 radical (unpaired) electrons. The van der Waals surface area contributed by atoms with Crippen molar-refractivity contribution >= 4 is 16.6 Å². The number of oxime groups is 1. The van der Waals surface area contributed by atoms with E-state index in [4.69, 9.17) is 10.9 Å². The van der Waals surface area contributed by atoms with E-state index in [0.717, 1.165) is 19.4 Å². The van der Waals surface area contributed by atoms with Crippen molar-refractivity contribution in [1.29, 1.82) is 0 Å². The molecule has 0 aromatic carbocycles. The molecule has 4 N–H and O–H groups in total. The van der Waals surface area contributed by atoms with Crippen molar-refractivity contribution in [3.8, 4) is 0 Å². The Hall–Kier alpha value is -0.620. The Kier molecular flexibility index (Phi) is 8.31. The molecule has 0 saturated carbocycles. The van der Waals surface area contributed by atoms with Crippen molar-refractivity contribution in [3.63, 3.8) is 0 Å². The smallest absolute Gasteiger partial charge is 0.139 e. The molecule has 0 aliphatic rings. The summed E-state index contributed by atoms with van der Waals surface area (Å²) in [7, 11) is -0.746. The molecule has 0 saturated heterocycles. The fraction of sp³-hybridized carbons (Fsp3) is 0.889. The summed E-state index contributed by atoms with van der Waals surface area (Å²) < 4.78 is 10.9. The molecule has 6 heteroatoms. The Balaban J connectivity index is 3.34. The quantitative estimate of drug-likeness (QED) is 0.185. The third kappa shape index (κ3) is 9.68. The van der Waals surface area contributed by atoms with Crippen molar-refractivity contribution in [1.82, 2.24) is 5.32 Å². The molecular weight excluding hydrogens is 214 g/mol. The van der Waals surface area contributed by atoms with Gasteiger partial charge in [-0.05, 0) is 26.3 Å². The third-order valence-corrected chi connectivity index (χ3v) is 2.94. The summed E-state index contributed by atoms with van der Waals surface area (Å²) in [6.45, 7) is 2.89. The second kappa shape index (κ2) is 8.67. The van der Waals surface area contributed by atoms with Gasteiger partial charge in [-0.3, -0.25) is 4.21 Å². The van der Waals surface area contributed by atoms with Crippen LogP contribution >= 0.6 is 0 Å². The molecule has 0 aliphatic heterocycles. The minimum Gasteiger partial charge on any atom is -0.409 e. The van der Waals surface area contributed by atoms with Gasteiger partial charge in [0.1, 0.15) is 5.84 Å². The van der Waals surface area contributed by atoms with E-state index in [9.17, 15) is 4.21 Å². The monoisotopic (exact) mass is 235 g/mol. The molecule has 0 fully saturated rings. The van der Waals surface area contributed by atoms with E-state index in [2.05, 4.69) is 10.5 Å². The summed E-state index contributed by atoms with van der Waals surface area (Å²) in [6, 6.07) is 0.277.